The molecule has 1 amide bonds. The average Bonchev–Trinajstić information content (AvgIpc) is 2.66. The molecule has 3 atom stereocenters. The number of likely N-dealkylation sites (tertiary alicyclic amines) is 1. The summed E-state index contributed by atoms with van der Waals surface area (Å²) in [4.78, 5) is 14.0. The smallest absolute Gasteiger partial charge is 0.249 e. The van der Waals surface area contributed by atoms with Crippen molar-refractivity contribution >= 4 is 17.0 Å². The normalized spacial score (nSPS) is 19.5. The molecule has 3 unspecified atom stereocenters. The van der Waals surface area contributed by atoms with Gasteiger partial charge >= 0.3 is 0 Å². The fourth-order valence-corrected chi connectivity index (χ4v) is 5.04. The van der Waals surface area contributed by atoms with Crippen molar-refractivity contribution in [1.29, 1.82) is 0 Å². The Labute approximate surface area is 163 Å². The van der Waals surface area contributed by atoms with E-state index in [1.165, 1.54) is 0 Å². The Bertz CT molecular complexity index is 647. The van der Waals surface area contributed by atoms with E-state index in [0.29, 0.717) is 25.6 Å². The number of carbonyl (C=O) groups is 1. The Kier molecular flexibility index (Phi) is 8.22. The Morgan fingerprint density at radius 2 is 1.96 bits per heavy atom. The van der Waals surface area contributed by atoms with Crippen molar-refractivity contribution < 1.29 is 23.5 Å². The van der Waals surface area contributed by atoms with Crippen LogP contribution in [0.15, 0.2) is 24.3 Å². The van der Waals surface area contributed by atoms with Gasteiger partial charge in [0.2, 0.25) is 5.91 Å². The second-order valence-electron chi connectivity index (χ2n) is 7.19. The predicted molar refractivity (Wildman–Crippen MR) is 104 cm³/mol. The molecule has 0 bridgehead atoms. The number of carbonyl (C=O) groups excluding carboxylic acids is 1. The molecule has 1 saturated heterocycles. The van der Waals surface area contributed by atoms with Crippen molar-refractivity contribution in [3.8, 4) is 5.75 Å². The first-order valence-electron chi connectivity index (χ1n) is 9.40. The molecule has 1 aliphatic rings. The van der Waals surface area contributed by atoms with Crippen LogP contribution in [0.1, 0.15) is 45.1 Å². The molecule has 2 rings (SSSR count). The fraction of sp³-hybridized carbons (Fsp3) is 0.632. The van der Waals surface area contributed by atoms with Crippen LogP contribution in [-0.2, 0) is 15.9 Å². The molecule has 0 spiro atoms. The van der Waals surface area contributed by atoms with Gasteiger partial charge < -0.3 is 9.29 Å². The van der Waals surface area contributed by atoms with Gasteiger partial charge in [-0.1, -0.05) is 32.0 Å². The zero-order valence-corrected chi connectivity index (χ0v) is 16.9. The molecule has 1 fully saturated rings. The molecule has 0 aromatic heterocycles. The number of hydroxylamine groups is 1. The highest BCUT2D eigenvalue weighted by Gasteiger charge is 2.40. The first-order chi connectivity index (χ1) is 12.9. The summed E-state index contributed by atoms with van der Waals surface area (Å²) in [7, 11) is 0. The third kappa shape index (κ3) is 5.28. The highest BCUT2D eigenvalue weighted by molar-refractivity contribution is 7.79. The minimum absolute atomic E-state index is 0.186. The molecule has 0 radical (unpaired) electrons. The van der Waals surface area contributed by atoms with E-state index in [9.17, 15) is 13.6 Å². The highest BCUT2D eigenvalue weighted by atomic mass is 32.2. The van der Waals surface area contributed by atoms with E-state index in [-0.39, 0.29) is 5.92 Å². The lowest BCUT2D eigenvalue weighted by Crippen LogP contribution is -2.52. The molecule has 152 valence electrons. The zero-order valence-electron chi connectivity index (χ0n) is 16.1. The molecule has 27 heavy (non-hydrogen) atoms. The zero-order chi connectivity index (χ0) is 20.0. The maximum Gasteiger partial charge on any atom is 0.249 e. The Hall–Kier alpha value is -1.48. The number of nitrogens with zero attached hydrogens (tertiary/aromatic N) is 1. The first-order valence-corrected chi connectivity index (χ1v) is 10.6. The van der Waals surface area contributed by atoms with Crippen molar-refractivity contribution in [3.05, 3.63) is 29.8 Å². The van der Waals surface area contributed by atoms with Gasteiger partial charge in [0.15, 0.2) is 11.1 Å². The molecule has 8 heteroatoms. The van der Waals surface area contributed by atoms with Crippen LogP contribution < -0.4 is 10.2 Å². The van der Waals surface area contributed by atoms with Crippen LogP contribution >= 0.6 is 0 Å². The number of piperidine rings is 1. The SMILES string of the molecule is CCOc1ccccc1C1CCN(C(C(C(=O)NO)C(C)C)S(=O)O)CC1. The minimum Gasteiger partial charge on any atom is -0.494 e. The minimum atomic E-state index is -2.21. The monoisotopic (exact) mass is 398 g/mol. The van der Waals surface area contributed by atoms with Crippen LogP contribution in [0.25, 0.3) is 0 Å². The molecular formula is C19H30N2O5S. The molecule has 0 saturated carbocycles. The summed E-state index contributed by atoms with van der Waals surface area (Å²) in [5, 5.41) is 8.20. The van der Waals surface area contributed by atoms with Gasteiger partial charge in [-0.2, -0.15) is 0 Å². The lowest BCUT2D eigenvalue weighted by molar-refractivity contribution is -0.136. The molecule has 1 heterocycles. The second-order valence-corrected chi connectivity index (χ2v) is 8.23. The van der Waals surface area contributed by atoms with E-state index in [1.807, 2.05) is 43.9 Å². The number of hydrogen-bond acceptors (Lipinski definition) is 5. The van der Waals surface area contributed by atoms with Crippen molar-refractivity contribution in [2.45, 2.75) is 44.9 Å². The van der Waals surface area contributed by atoms with E-state index in [2.05, 4.69) is 6.07 Å². The number of amides is 1. The van der Waals surface area contributed by atoms with Gasteiger partial charge in [0.05, 0.1) is 12.5 Å². The highest BCUT2D eigenvalue weighted by Crippen LogP contribution is 2.36. The van der Waals surface area contributed by atoms with Gasteiger partial charge in [-0.25, -0.2) is 9.69 Å². The van der Waals surface area contributed by atoms with Crippen LogP contribution in [0.2, 0.25) is 0 Å². The standard InChI is InChI=1S/C19H30N2O5S/c1-4-26-16-8-6-5-7-15(16)14-9-11-21(12-10-14)19(27(24)25)17(13(2)3)18(22)20-23/h5-8,13-14,17,19,23H,4,9-12H2,1-3H3,(H,20,22)(H,24,25). The van der Waals surface area contributed by atoms with E-state index < -0.39 is 28.3 Å². The van der Waals surface area contributed by atoms with Gasteiger partial charge in [-0.15, -0.1) is 0 Å². The lowest BCUT2D eigenvalue weighted by Gasteiger charge is -2.39. The van der Waals surface area contributed by atoms with Crippen LogP contribution in [-0.4, -0.2) is 49.8 Å². The van der Waals surface area contributed by atoms with E-state index in [0.717, 1.165) is 24.2 Å². The van der Waals surface area contributed by atoms with Crippen LogP contribution in [0.3, 0.4) is 0 Å². The third-order valence-corrected chi connectivity index (χ3v) is 6.20. The molecule has 0 aliphatic carbocycles. The van der Waals surface area contributed by atoms with E-state index in [4.69, 9.17) is 9.94 Å². The third-order valence-electron chi connectivity index (χ3n) is 5.19. The number of hydrogen-bond donors (Lipinski definition) is 3. The Morgan fingerprint density at radius 3 is 2.48 bits per heavy atom. The Morgan fingerprint density at radius 1 is 1.33 bits per heavy atom. The summed E-state index contributed by atoms with van der Waals surface area (Å²) in [5.41, 5.74) is 2.81. The number of ether oxygens (including phenoxy) is 1. The molecule has 7 nitrogen and oxygen atoms in total. The number of rotatable bonds is 8. The maximum absolute atomic E-state index is 12.1. The van der Waals surface area contributed by atoms with E-state index in [1.54, 1.807) is 5.48 Å². The summed E-state index contributed by atoms with van der Waals surface area (Å²) in [6.45, 7) is 7.39. The van der Waals surface area contributed by atoms with Crippen LogP contribution in [0, 0.1) is 11.8 Å². The Balaban J connectivity index is 2.14. The molecule has 3 N–H and O–H groups in total. The van der Waals surface area contributed by atoms with Gasteiger partial charge in [0, 0.05) is 0 Å². The molecule has 1 aliphatic heterocycles. The quantitative estimate of drug-likeness (QED) is 0.354. The van der Waals surface area contributed by atoms with Crippen molar-refractivity contribution in [3.63, 3.8) is 0 Å². The van der Waals surface area contributed by atoms with Crippen molar-refractivity contribution in [2.24, 2.45) is 11.8 Å². The van der Waals surface area contributed by atoms with Crippen LogP contribution in [0.5, 0.6) is 5.75 Å². The largest absolute Gasteiger partial charge is 0.494 e. The topological polar surface area (TPSA) is 99.1 Å². The summed E-state index contributed by atoms with van der Waals surface area (Å²) in [6.07, 6.45) is 1.62. The first kappa shape index (κ1) is 21.8. The van der Waals surface area contributed by atoms with Crippen molar-refractivity contribution in [1.82, 2.24) is 10.4 Å². The van der Waals surface area contributed by atoms with Crippen LogP contribution in [0.4, 0.5) is 0 Å². The molecule has 1 aromatic carbocycles. The predicted octanol–water partition coefficient (Wildman–Crippen LogP) is 2.59. The molecular weight excluding hydrogens is 368 g/mol. The maximum atomic E-state index is 12.1. The fourth-order valence-electron chi connectivity index (χ4n) is 3.89. The second kappa shape index (κ2) is 10.2. The number of benzene rings is 1. The summed E-state index contributed by atoms with van der Waals surface area (Å²) in [6, 6.07) is 7.99. The number of para-hydroxylation sites is 1. The van der Waals surface area contributed by atoms with Crippen molar-refractivity contribution in [2.75, 3.05) is 19.7 Å². The summed E-state index contributed by atoms with van der Waals surface area (Å²) in [5.74, 6) is -0.384. The van der Waals surface area contributed by atoms with E-state index >= 15 is 0 Å². The lowest BCUT2D eigenvalue weighted by atomic mass is 9.87. The van der Waals surface area contributed by atoms with Gasteiger partial charge in [0.1, 0.15) is 11.1 Å². The molecule has 1 aromatic rings. The summed E-state index contributed by atoms with van der Waals surface area (Å²) >= 11 is -2.21. The van der Waals surface area contributed by atoms with Gasteiger partial charge in [0.25, 0.3) is 0 Å². The van der Waals surface area contributed by atoms with Gasteiger partial charge in [-0.3, -0.25) is 14.9 Å². The van der Waals surface area contributed by atoms with Gasteiger partial charge in [-0.05, 0) is 56.3 Å². The summed E-state index contributed by atoms with van der Waals surface area (Å²) < 4.78 is 27.7. The average molecular weight is 399 g/mol. The number of nitrogens with one attached hydrogen (secondary N) is 1.